The second kappa shape index (κ2) is 9.32. The number of halogens is 13. The topological polar surface area (TPSA) is 27.7 Å². The van der Waals surface area contributed by atoms with E-state index in [-0.39, 0.29) is 0 Å². The molecule has 28 heavy (non-hydrogen) atoms. The molecule has 0 saturated carbocycles. The Kier molecular flexibility index (Phi) is 9.27. The van der Waals surface area contributed by atoms with E-state index in [0.717, 1.165) is 0 Å². The first-order valence-corrected chi connectivity index (χ1v) is 11.6. The van der Waals surface area contributed by atoms with E-state index < -0.39 is 78.0 Å². The van der Waals surface area contributed by atoms with Crippen LogP contribution in [-0.2, 0) is 12.3 Å². The summed E-state index contributed by atoms with van der Waals surface area (Å²) in [5, 5.41) is 0. The van der Waals surface area contributed by atoms with Gasteiger partial charge in [0.05, 0.1) is 0 Å². The van der Waals surface area contributed by atoms with Crippen molar-refractivity contribution in [1.82, 2.24) is 0 Å². The van der Waals surface area contributed by atoms with Crippen LogP contribution in [0.25, 0.3) is 0 Å². The molecule has 0 aromatic heterocycles. The van der Waals surface area contributed by atoms with Gasteiger partial charge in [0.2, 0.25) is 0 Å². The molecule has 0 aliphatic carbocycles. The Morgan fingerprint density at radius 1 is 0.607 bits per heavy atom. The van der Waals surface area contributed by atoms with Crippen LogP contribution in [0.1, 0.15) is 6.42 Å². The Balaban J connectivity index is 5.35. The second-order valence-electron chi connectivity index (χ2n) is 5.24. The summed E-state index contributed by atoms with van der Waals surface area (Å²) >= 11 is 0. The molecule has 0 amide bonds. The highest BCUT2D eigenvalue weighted by atomic mass is 28.4. The van der Waals surface area contributed by atoms with Crippen LogP contribution in [0.15, 0.2) is 0 Å². The molecule has 0 atom stereocenters. The zero-order valence-corrected chi connectivity index (χ0v) is 19.9. The molecular formula is C8H13F13O3Si4. The van der Waals surface area contributed by atoms with Gasteiger partial charge in [-0.05, 0) is 6.04 Å². The van der Waals surface area contributed by atoms with Crippen LogP contribution < -0.4 is 0 Å². The summed E-state index contributed by atoms with van der Waals surface area (Å²) in [5.74, 6) is -36.5. The molecule has 0 saturated heterocycles. The van der Waals surface area contributed by atoms with E-state index >= 15 is 0 Å². The van der Waals surface area contributed by atoms with Crippen molar-refractivity contribution in [3.8, 4) is 0 Å². The van der Waals surface area contributed by atoms with Gasteiger partial charge < -0.3 is 12.3 Å². The average Bonchev–Trinajstić information content (AvgIpc) is 2.52. The van der Waals surface area contributed by atoms with Gasteiger partial charge in [-0.1, -0.05) is 0 Å². The van der Waals surface area contributed by atoms with Gasteiger partial charge in [-0.15, -0.1) is 0 Å². The lowest BCUT2D eigenvalue weighted by atomic mass is 9.93. The molecule has 20 heteroatoms. The van der Waals surface area contributed by atoms with Gasteiger partial charge >= 0.3 is 35.8 Å². The number of hydrogen-bond donors (Lipinski definition) is 0. The Hall–Kier alpha value is -0.162. The van der Waals surface area contributed by atoms with Crippen molar-refractivity contribution >= 4 is 40.3 Å². The van der Waals surface area contributed by atoms with E-state index in [0.29, 0.717) is 10.5 Å². The Labute approximate surface area is 158 Å². The minimum absolute atomic E-state index is 0.358. The second-order valence-corrected chi connectivity index (χ2v) is 12.4. The fraction of sp³-hybridized carbons (Fsp3) is 1.00. The molecule has 0 aromatic carbocycles. The summed E-state index contributed by atoms with van der Waals surface area (Å²) in [5.41, 5.74) is 0. The molecule has 0 N–H and O–H groups in total. The molecule has 0 radical (unpaired) electrons. The summed E-state index contributed by atoms with van der Waals surface area (Å²) in [4.78, 5) is 0. The number of alkyl halides is 13. The molecule has 0 rings (SSSR count). The van der Waals surface area contributed by atoms with E-state index in [1.165, 1.54) is 0 Å². The van der Waals surface area contributed by atoms with E-state index in [4.69, 9.17) is 8.23 Å². The van der Waals surface area contributed by atoms with Crippen LogP contribution >= 0.6 is 0 Å². The highest BCUT2D eigenvalue weighted by Gasteiger charge is 2.90. The van der Waals surface area contributed by atoms with Crippen LogP contribution in [-0.4, -0.2) is 76.1 Å². The molecule has 0 unspecified atom stereocenters. The fourth-order valence-electron chi connectivity index (χ4n) is 1.59. The largest absolute Gasteiger partial charge is 0.460 e. The molecule has 0 aliphatic heterocycles. The summed E-state index contributed by atoms with van der Waals surface area (Å²) in [6.07, 6.45) is -9.59. The molecule has 0 fully saturated rings. The van der Waals surface area contributed by atoms with Crippen LogP contribution in [0.4, 0.5) is 57.1 Å². The predicted octanol–water partition coefficient (Wildman–Crippen LogP) is 0.945. The van der Waals surface area contributed by atoms with Crippen molar-refractivity contribution in [3.05, 3.63) is 0 Å². The maximum atomic E-state index is 13.4. The van der Waals surface area contributed by atoms with E-state index in [9.17, 15) is 57.1 Å². The zero-order valence-electron chi connectivity index (χ0n) is 13.7. The Morgan fingerprint density at radius 3 is 1.50 bits per heavy atom. The lowest BCUT2D eigenvalue weighted by molar-refractivity contribution is -0.439. The highest BCUT2D eigenvalue weighted by molar-refractivity contribution is 6.44. The molecular weight excluding hydrogens is 503 g/mol. The summed E-state index contributed by atoms with van der Waals surface area (Å²) in [6.45, 7) is 0. The van der Waals surface area contributed by atoms with Gasteiger partial charge in [0, 0.05) is 6.42 Å². The zero-order chi connectivity index (χ0) is 22.7. The van der Waals surface area contributed by atoms with E-state index in [1.54, 1.807) is 0 Å². The number of hydrogen-bond acceptors (Lipinski definition) is 3. The molecule has 170 valence electrons. The van der Waals surface area contributed by atoms with Crippen LogP contribution in [0.2, 0.25) is 6.04 Å². The van der Waals surface area contributed by atoms with Crippen LogP contribution in [0, 0.1) is 0 Å². The van der Waals surface area contributed by atoms with E-state index in [2.05, 4.69) is 4.12 Å². The summed E-state index contributed by atoms with van der Waals surface area (Å²) in [7, 11) is -4.68. The standard InChI is InChI=1S/C8H13F13O3Si4/c9-3(10,1-2-26-23-28-24-27-22-25)4(11,12)5(13,14)6(15,16)7(17,18)8(19,20)21/h1-2,26-28H2,25H3. The van der Waals surface area contributed by atoms with Crippen molar-refractivity contribution in [3.63, 3.8) is 0 Å². The van der Waals surface area contributed by atoms with Gasteiger partial charge in [0.25, 0.3) is 20.0 Å². The minimum atomic E-state index is -7.85. The van der Waals surface area contributed by atoms with Gasteiger partial charge in [0.15, 0.2) is 0 Å². The lowest BCUT2D eigenvalue weighted by Gasteiger charge is -2.39. The van der Waals surface area contributed by atoms with E-state index in [1.807, 2.05) is 0 Å². The lowest BCUT2D eigenvalue weighted by Crippen LogP contribution is -2.70. The quantitative estimate of drug-likeness (QED) is 0.220. The first kappa shape index (κ1) is 27.8. The van der Waals surface area contributed by atoms with Crippen molar-refractivity contribution in [2.75, 3.05) is 0 Å². The third kappa shape index (κ3) is 5.30. The fourth-order valence-corrected chi connectivity index (χ4v) is 7.44. The Morgan fingerprint density at radius 2 is 1.07 bits per heavy atom. The molecule has 0 aliphatic rings. The monoisotopic (exact) mass is 516 g/mol. The maximum absolute atomic E-state index is 13.4. The van der Waals surface area contributed by atoms with Crippen LogP contribution in [0.3, 0.4) is 0 Å². The number of rotatable bonds is 12. The Bertz CT molecular complexity index is 501. The summed E-state index contributed by atoms with van der Waals surface area (Å²) in [6, 6.07) is -0.987. The van der Waals surface area contributed by atoms with Gasteiger partial charge in [0.1, 0.15) is 20.2 Å². The van der Waals surface area contributed by atoms with Gasteiger partial charge in [-0.3, -0.25) is 0 Å². The summed E-state index contributed by atoms with van der Waals surface area (Å²) < 4.78 is 181. The first-order chi connectivity index (χ1) is 12.3. The van der Waals surface area contributed by atoms with Gasteiger partial charge in [-0.2, -0.15) is 57.1 Å². The maximum Gasteiger partial charge on any atom is 0.460 e. The molecule has 0 bridgehead atoms. The van der Waals surface area contributed by atoms with Gasteiger partial charge in [-0.25, -0.2) is 0 Å². The first-order valence-electron chi connectivity index (χ1n) is 6.91. The molecule has 0 heterocycles. The minimum Gasteiger partial charge on any atom is -0.449 e. The normalized spacial score (nSPS) is 16.6. The van der Waals surface area contributed by atoms with Crippen molar-refractivity contribution < 1.29 is 69.4 Å². The third-order valence-electron chi connectivity index (χ3n) is 3.15. The predicted molar refractivity (Wildman–Crippen MR) is 79.0 cm³/mol. The van der Waals surface area contributed by atoms with Crippen LogP contribution in [0.5, 0.6) is 0 Å². The molecule has 0 spiro atoms. The van der Waals surface area contributed by atoms with Crippen molar-refractivity contribution in [2.24, 2.45) is 0 Å². The highest BCUT2D eigenvalue weighted by Crippen LogP contribution is 2.60. The van der Waals surface area contributed by atoms with Crippen molar-refractivity contribution in [2.45, 2.75) is 48.3 Å². The van der Waals surface area contributed by atoms with Crippen molar-refractivity contribution in [1.29, 1.82) is 0 Å². The third-order valence-corrected chi connectivity index (χ3v) is 7.89. The smallest absolute Gasteiger partial charge is 0.449 e. The molecule has 3 nitrogen and oxygen atoms in total. The average molecular weight is 517 g/mol. The SMILES string of the molecule is FC(F)(F)C(F)(F)C(F)(F)C(F)(F)C(F)(F)C(F)(F)CC[SiH2]O[SiH2]O[SiH2]O[SiH3]. The molecule has 0 aromatic rings.